The average molecular weight is 142 g/mol. The van der Waals surface area contributed by atoms with E-state index in [0.717, 1.165) is 5.75 Å². The standard InChI is InChI=1S/C4H11NS.ClH/c1-4(2,5)3-6;/h6H,3,5H2,1-2H3;1H. The van der Waals surface area contributed by atoms with E-state index in [2.05, 4.69) is 12.6 Å². The van der Waals surface area contributed by atoms with Gasteiger partial charge in [0.25, 0.3) is 0 Å². The van der Waals surface area contributed by atoms with Crippen LogP contribution in [0.5, 0.6) is 0 Å². The van der Waals surface area contributed by atoms with Gasteiger partial charge in [-0.1, -0.05) is 0 Å². The topological polar surface area (TPSA) is 26.0 Å². The molecule has 0 atom stereocenters. The van der Waals surface area contributed by atoms with Crippen molar-refractivity contribution in [2.75, 3.05) is 5.75 Å². The second kappa shape index (κ2) is 3.58. The molecular formula is C4H12ClNS. The highest BCUT2D eigenvalue weighted by Gasteiger charge is 2.04. The quantitative estimate of drug-likeness (QED) is 0.526. The maximum Gasteiger partial charge on any atom is 0.0186 e. The summed E-state index contributed by atoms with van der Waals surface area (Å²) in [7, 11) is 0. The van der Waals surface area contributed by atoms with Gasteiger partial charge >= 0.3 is 0 Å². The lowest BCUT2D eigenvalue weighted by Gasteiger charge is -2.12. The van der Waals surface area contributed by atoms with E-state index in [1.165, 1.54) is 0 Å². The van der Waals surface area contributed by atoms with Crippen LogP contribution in [0.15, 0.2) is 0 Å². The molecule has 0 spiro atoms. The van der Waals surface area contributed by atoms with Crippen molar-refractivity contribution in [1.29, 1.82) is 0 Å². The van der Waals surface area contributed by atoms with Gasteiger partial charge in [-0.2, -0.15) is 12.6 Å². The van der Waals surface area contributed by atoms with Gasteiger partial charge in [-0.25, -0.2) is 0 Å². The minimum absolute atomic E-state index is 0. The van der Waals surface area contributed by atoms with Crippen LogP contribution in [0, 0.1) is 0 Å². The minimum atomic E-state index is -0.0941. The van der Waals surface area contributed by atoms with Crippen LogP contribution in [-0.4, -0.2) is 11.3 Å². The molecule has 0 aromatic heterocycles. The van der Waals surface area contributed by atoms with E-state index in [9.17, 15) is 0 Å². The van der Waals surface area contributed by atoms with Gasteiger partial charge in [0, 0.05) is 11.3 Å². The summed E-state index contributed by atoms with van der Waals surface area (Å²) in [6.45, 7) is 3.89. The molecule has 0 saturated carbocycles. The Morgan fingerprint density at radius 2 is 1.71 bits per heavy atom. The molecule has 0 heterocycles. The van der Waals surface area contributed by atoms with E-state index < -0.39 is 0 Å². The number of rotatable bonds is 1. The lowest BCUT2D eigenvalue weighted by Crippen LogP contribution is -2.33. The zero-order valence-electron chi connectivity index (χ0n) is 4.64. The first kappa shape index (κ1) is 10.6. The van der Waals surface area contributed by atoms with Crippen LogP contribution in [-0.2, 0) is 0 Å². The van der Waals surface area contributed by atoms with Crippen LogP contribution in [0.25, 0.3) is 0 Å². The molecule has 0 aliphatic carbocycles. The average Bonchev–Trinajstić information content (AvgIpc) is 1.35. The summed E-state index contributed by atoms with van der Waals surface area (Å²) in [6.07, 6.45) is 0. The van der Waals surface area contributed by atoms with Crippen LogP contribution < -0.4 is 5.73 Å². The summed E-state index contributed by atoms with van der Waals surface area (Å²) in [6, 6.07) is 0. The highest BCUT2D eigenvalue weighted by molar-refractivity contribution is 7.80. The third-order valence-corrected chi connectivity index (χ3v) is 1.22. The number of hydrogen-bond acceptors (Lipinski definition) is 2. The molecule has 0 amide bonds. The van der Waals surface area contributed by atoms with Crippen LogP contribution in [0.3, 0.4) is 0 Å². The Morgan fingerprint density at radius 3 is 1.71 bits per heavy atom. The third kappa shape index (κ3) is 10.8. The van der Waals surface area contributed by atoms with Crippen molar-refractivity contribution in [3.8, 4) is 0 Å². The predicted molar refractivity (Wildman–Crippen MR) is 39.4 cm³/mol. The van der Waals surface area contributed by atoms with Gasteiger partial charge < -0.3 is 5.73 Å². The monoisotopic (exact) mass is 141 g/mol. The third-order valence-electron chi connectivity index (χ3n) is 0.408. The maximum atomic E-state index is 5.46. The Labute approximate surface area is 56.5 Å². The molecule has 0 aliphatic rings. The number of hydrogen-bond donors (Lipinski definition) is 2. The lowest BCUT2D eigenvalue weighted by molar-refractivity contribution is 0.593. The summed E-state index contributed by atoms with van der Waals surface area (Å²) < 4.78 is 0. The van der Waals surface area contributed by atoms with Crippen molar-refractivity contribution in [2.24, 2.45) is 5.73 Å². The van der Waals surface area contributed by atoms with Gasteiger partial charge in [0.2, 0.25) is 0 Å². The largest absolute Gasteiger partial charge is 0.325 e. The number of nitrogens with two attached hydrogens (primary N) is 1. The summed E-state index contributed by atoms with van der Waals surface area (Å²) in [5.41, 5.74) is 5.36. The Balaban J connectivity index is 0. The zero-order valence-corrected chi connectivity index (χ0v) is 6.35. The Bertz CT molecular complexity index is 41.4. The first-order valence-electron chi connectivity index (χ1n) is 1.96. The number of thiol groups is 1. The molecule has 3 heteroatoms. The minimum Gasteiger partial charge on any atom is -0.325 e. The fraction of sp³-hybridized carbons (Fsp3) is 1.00. The van der Waals surface area contributed by atoms with Crippen molar-refractivity contribution in [3.05, 3.63) is 0 Å². The predicted octanol–water partition coefficient (Wildman–Crippen LogP) is 1.08. The Kier molecular flexibility index (Phi) is 5.40. The molecule has 0 rings (SSSR count). The molecular weight excluding hydrogens is 130 g/mol. The van der Waals surface area contributed by atoms with Crippen LogP contribution >= 0.6 is 25.0 Å². The van der Waals surface area contributed by atoms with E-state index in [1.54, 1.807) is 0 Å². The molecule has 7 heavy (non-hydrogen) atoms. The number of halogens is 1. The van der Waals surface area contributed by atoms with Crippen molar-refractivity contribution in [2.45, 2.75) is 19.4 Å². The van der Waals surface area contributed by atoms with Gasteiger partial charge in [-0.05, 0) is 13.8 Å². The van der Waals surface area contributed by atoms with Gasteiger partial charge in [-0.15, -0.1) is 12.4 Å². The zero-order chi connectivity index (χ0) is 5.21. The van der Waals surface area contributed by atoms with E-state index in [-0.39, 0.29) is 17.9 Å². The van der Waals surface area contributed by atoms with E-state index in [1.807, 2.05) is 13.8 Å². The molecule has 0 bridgehead atoms. The molecule has 0 saturated heterocycles. The Morgan fingerprint density at radius 1 is 1.57 bits per heavy atom. The second-order valence-corrected chi connectivity index (χ2v) is 2.46. The Hall–Kier alpha value is 0.600. The summed E-state index contributed by atoms with van der Waals surface area (Å²) in [4.78, 5) is 0. The van der Waals surface area contributed by atoms with Crippen molar-refractivity contribution >= 4 is 25.0 Å². The first-order valence-corrected chi connectivity index (χ1v) is 2.59. The van der Waals surface area contributed by atoms with Crippen LogP contribution in [0.4, 0.5) is 0 Å². The molecule has 46 valence electrons. The molecule has 1 nitrogen and oxygen atoms in total. The molecule has 0 aromatic carbocycles. The second-order valence-electron chi connectivity index (χ2n) is 2.15. The fourth-order valence-corrected chi connectivity index (χ4v) is 0. The summed E-state index contributed by atoms with van der Waals surface area (Å²) in [5, 5.41) is 0. The highest BCUT2D eigenvalue weighted by atomic mass is 35.5. The molecule has 0 aliphatic heterocycles. The lowest BCUT2D eigenvalue weighted by atomic mass is 10.1. The van der Waals surface area contributed by atoms with E-state index in [4.69, 9.17) is 5.73 Å². The molecule has 2 N–H and O–H groups in total. The van der Waals surface area contributed by atoms with Crippen molar-refractivity contribution < 1.29 is 0 Å². The molecule has 0 unspecified atom stereocenters. The summed E-state index contributed by atoms with van der Waals surface area (Å²) in [5.74, 6) is 0.743. The van der Waals surface area contributed by atoms with Crippen LogP contribution in [0.2, 0.25) is 0 Å². The highest BCUT2D eigenvalue weighted by Crippen LogP contribution is 1.96. The smallest absolute Gasteiger partial charge is 0.0186 e. The van der Waals surface area contributed by atoms with E-state index >= 15 is 0 Å². The van der Waals surface area contributed by atoms with Gasteiger partial charge in [0.1, 0.15) is 0 Å². The van der Waals surface area contributed by atoms with Crippen molar-refractivity contribution in [1.82, 2.24) is 0 Å². The maximum absolute atomic E-state index is 5.46. The van der Waals surface area contributed by atoms with Crippen molar-refractivity contribution in [3.63, 3.8) is 0 Å². The molecule has 0 aromatic rings. The normalized spacial score (nSPS) is 10.3. The first-order chi connectivity index (χ1) is 2.56. The van der Waals surface area contributed by atoms with E-state index in [0.29, 0.717) is 0 Å². The van der Waals surface area contributed by atoms with Gasteiger partial charge in [-0.3, -0.25) is 0 Å². The summed E-state index contributed by atoms with van der Waals surface area (Å²) >= 11 is 3.98. The van der Waals surface area contributed by atoms with Crippen LogP contribution in [0.1, 0.15) is 13.8 Å². The molecule has 0 radical (unpaired) electrons. The SMILES string of the molecule is CC(C)(N)CS.Cl. The molecule has 0 fully saturated rings. The van der Waals surface area contributed by atoms with Gasteiger partial charge in [0.15, 0.2) is 0 Å². The van der Waals surface area contributed by atoms with Gasteiger partial charge in [0.05, 0.1) is 0 Å². The fourth-order valence-electron chi connectivity index (χ4n) is 0.